The van der Waals surface area contributed by atoms with E-state index in [0.29, 0.717) is 11.5 Å². The lowest BCUT2D eigenvalue weighted by Gasteiger charge is -2.09. The Balaban J connectivity index is 1.92. The number of aliphatic hydroxyl groups excluding tert-OH is 1. The Morgan fingerprint density at radius 2 is 2.39 bits per heavy atom. The van der Waals surface area contributed by atoms with E-state index < -0.39 is 6.10 Å². The van der Waals surface area contributed by atoms with Crippen LogP contribution in [0.3, 0.4) is 0 Å². The Morgan fingerprint density at radius 3 is 3.06 bits per heavy atom. The first-order chi connectivity index (χ1) is 8.66. The Labute approximate surface area is 104 Å². The van der Waals surface area contributed by atoms with Crippen LogP contribution >= 0.6 is 0 Å². The van der Waals surface area contributed by atoms with Crippen molar-refractivity contribution in [2.75, 3.05) is 6.54 Å². The van der Waals surface area contributed by atoms with Crippen LogP contribution in [0.4, 0.5) is 0 Å². The molecule has 18 heavy (non-hydrogen) atoms. The van der Waals surface area contributed by atoms with Gasteiger partial charge >= 0.3 is 0 Å². The van der Waals surface area contributed by atoms with E-state index in [2.05, 4.69) is 15.3 Å². The molecule has 0 aliphatic heterocycles. The molecule has 2 heterocycles. The third-order valence-electron chi connectivity index (χ3n) is 2.36. The summed E-state index contributed by atoms with van der Waals surface area (Å²) >= 11 is 0. The lowest BCUT2D eigenvalue weighted by atomic mass is 10.2. The number of nitrogens with one attached hydrogen (secondary N) is 1. The summed E-state index contributed by atoms with van der Waals surface area (Å²) in [6, 6.07) is 4.90. The van der Waals surface area contributed by atoms with Crippen molar-refractivity contribution in [1.82, 2.24) is 15.3 Å². The van der Waals surface area contributed by atoms with E-state index in [0.717, 1.165) is 0 Å². The molecule has 2 aromatic heterocycles. The van der Waals surface area contributed by atoms with Gasteiger partial charge in [0.1, 0.15) is 23.9 Å². The van der Waals surface area contributed by atoms with Crippen molar-refractivity contribution in [1.29, 1.82) is 0 Å². The molecule has 1 unspecified atom stereocenters. The molecular weight excluding hydrogens is 234 g/mol. The molecule has 0 saturated carbocycles. The lowest BCUT2D eigenvalue weighted by Crippen LogP contribution is -2.29. The molecule has 1 amide bonds. The quantitative estimate of drug-likeness (QED) is 0.835. The molecule has 6 heteroatoms. The van der Waals surface area contributed by atoms with Crippen LogP contribution in [0, 0.1) is 6.92 Å². The zero-order valence-electron chi connectivity index (χ0n) is 9.83. The summed E-state index contributed by atoms with van der Waals surface area (Å²) in [4.78, 5) is 19.5. The monoisotopic (exact) mass is 247 g/mol. The van der Waals surface area contributed by atoms with Crippen LogP contribution < -0.4 is 5.32 Å². The standard InChI is InChI=1S/C12H13N3O3/c1-8-5-9(15-7-14-8)12(17)13-6-10(16)11-3-2-4-18-11/h2-5,7,10,16H,6H2,1H3,(H,13,17). The van der Waals surface area contributed by atoms with Crippen molar-refractivity contribution in [2.45, 2.75) is 13.0 Å². The Kier molecular flexibility index (Phi) is 3.69. The van der Waals surface area contributed by atoms with Crippen LogP contribution in [0.5, 0.6) is 0 Å². The van der Waals surface area contributed by atoms with Gasteiger partial charge in [0.15, 0.2) is 0 Å². The summed E-state index contributed by atoms with van der Waals surface area (Å²) in [6.07, 6.45) is 1.92. The maximum Gasteiger partial charge on any atom is 0.270 e. The number of furan rings is 1. The Morgan fingerprint density at radius 1 is 1.56 bits per heavy atom. The van der Waals surface area contributed by atoms with E-state index in [9.17, 15) is 9.90 Å². The second kappa shape index (κ2) is 5.42. The van der Waals surface area contributed by atoms with Crippen molar-refractivity contribution >= 4 is 5.91 Å². The molecule has 0 bridgehead atoms. The highest BCUT2D eigenvalue weighted by atomic mass is 16.4. The number of aryl methyl sites for hydroxylation is 1. The molecule has 0 saturated heterocycles. The molecule has 0 aliphatic rings. The predicted octanol–water partition coefficient (Wildman–Crippen LogP) is 0.841. The molecule has 2 rings (SSSR count). The van der Waals surface area contributed by atoms with E-state index in [4.69, 9.17) is 4.42 Å². The van der Waals surface area contributed by atoms with Gasteiger partial charge in [-0.25, -0.2) is 9.97 Å². The van der Waals surface area contributed by atoms with E-state index in [-0.39, 0.29) is 18.1 Å². The van der Waals surface area contributed by atoms with Crippen LogP contribution in [0.1, 0.15) is 28.0 Å². The third kappa shape index (κ3) is 2.92. The van der Waals surface area contributed by atoms with Crippen molar-refractivity contribution in [2.24, 2.45) is 0 Å². The minimum Gasteiger partial charge on any atom is -0.467 e. The zero-order valence-corrected chi connectivity index (χ0v) is 9.83. The van der Waals surface area contributed by atoms with Gasteiger partial charge in [0.2, 0.25) is 0 Å². The average molecular weight is 247 g/mol. The second-order valence-electron chi connectivity index (χ2n) is 3.79. The molecule has 1 atom stereocenters. The molecule has 0 fully saturated rings. The van der Waals surface area contributed by atoms with Gasteiger partial charge in [-0.05, 0) is 25.1 Å². The highest BCUT2D eigenvalue weighted by Gasteiger charge is 2.13. The van der Waals surface area contributed by atoms with Crippen molar-refractivity contribution in [3.05, 3.63) is 47.9 Å². The topological polar surface area (TPSA) is 88.2 Å². The van der Waals surface area contributed by atoms with Gasteiger partial charge in [-0.1, -0.05) is 0 Å². The minimum absolute atomic E-state index is 0.0649. The molecule has 0 spiro atoms. The molecule has 2 aromatic rings. The summed E-state index contributed by atoms with van der Waals surface area (Å²) in [5, 5.41) is 12.3. The fourth-order valence-electron chi connectivity index (χ4n) is 1.44. The zero-order chi connectivity index (χ0) is 13.0. The van der Waals surface area contributed by atoms with Crippen LogP contribution in [0.2, 0.25) is 0 Å². The number of amides is 1. The third-order valence-corrected chi connectivity index (χ3v) is 2.36. The Hall–Kier alpha value is -2.21. The number of aliphatic hydroxyl groups is 1. The molecule has 0 aromatic carbocycles. The van der Waals surface area contributed by atoms with E-state index in [1.165, 1.54) is 12.6 Å². The lowest BCUT2D eigenvalue weighted by molar-refractivity contribution is 0.0896. The van der Waals surface area contributed by atoms with Crippen molar-refractivity contribution < 1.29 is 14.3 Å². The first-order valence-electron chi connectivity index (χ1n) is 5.45. The summed E-state index contributed by atoms with van der Waals surface area (Å²) in [6.45, 7) is 1.84. The van der Waals surface area contributed by atoms with Gasteiger partial charge < -0.3 is 14.8 Å². The number of nitrogens with zero attached hydrogens (tertiary/aromatic N) is 2. The summed E-state index contributed by atoms with van der Waals surface area (Å²) < 4.78 is 5.03. The van der Waals surface area contributed by atoms with Gasteiger partial charge in [-0.2, -0.15) is 0 Å². The number of carbonyl (C=O) groups excluding carboxylic acids is 1. The normalized spacial score (nSPS) is 12.1. The maximum atomic E-state index is 11.7. The number of carbonyl (C=O) groups is 1. The molecule has 94 valence electrons. The van der Waals surface area contributed by atoms with Gasteiger partial charge in [-0.15, -0.1) is 0 Å². The van der Waals surface area contributed by atoms with Crippen molar-refractivity contribution in [3.8, 4) is 0 Å². The smallest absolute Gasteiger partial charge is 0.270 e. The molecule has 0 aliphatic carbocycles. The molecule has 0 radical (unpaired) electrons. The number of hydrogen-bond acceptors (Lipinski definition) is 5. The number of aromatic nitrogens is 2. The van der Waals surface area contributed by atoms with E-state index in [1.807, 2.05) is 0 Å². The fraction of sp³-hybridized carbons (Fsp3) is 0.250. The van der Waals surface area contributed by atoms with Gasteiger partial charge in [0.05, 0.1) is 12.8 Å². The van der Waals surface area contributed by atoms with Gasteiger partial charge in [0.25, 0.3) is 5.91 Å². The summed E-state index contributed by atoms with van der Waals surface area (Å²) in [7, 11) is 0. The highest BCUT2D eigenvalue weighted by Crippen LogP contribution is 2.11. The van der Waals surface area contributed by atoms with Crippen molar-refractivity contribution in [3.63, 3.8) is 0 Å². The maximum absolute atomic E-state index is 11.7. The molecule has 2 N–H and O–H groups in total. The Bertz CT molecular complexity index is 525. The van der Waals surface area contributed by atoms with E-state index >= 15 is 0 Å². The fourth-order valence-corrected chi connectivity index (χ4v) is 1.44. The van der Waals surface area contributed by atoms with Crippen LogP contribution in [-0.2, 0) is 0 Å². The SMILES string of the molecule is Cc1cc(C(=O)NCC(O)c2ccco2)ncn1. The largest absolute Gasteiger partial charge is 0.467 e. The van der Waals surface area contributed by atoms with Crippen LogP contribution in [0.25, 0.3) is 0 Å². The highest BCUT2D eigenvalue weighted by molar-refractivity contribution is 5.92. The first-order valence-corrected chi connectivity index (χ1v) is 5.45. The number of hydrogen-bond donors (Lipinski definition) is 2. The number of rotatable bonds is 4. The minimum atomic E-state index is -0.869. The van der Waals surface area contributed by atoms with E-state index in [1.54, 1.807) is 25.1 Å². The predicted molar refractivity (Wildman–Crippen MR) is 62.8 cm³/mol. The van der Waals surface area contributed by atoms with Gasteiger partial charge in [0, 0.05) is 5.69 Å². The summed E-state index contributed by atoms with van der Waals surface area (Å²) in [5.74, 6) is 0.0558. The summed E-state index contributed by atoms with van der Waals surface area (Å²) in [5.41, 5.74) is 0.982. The second-order valence-corrected chi connectivity index (χ2v) is 3.79. The molecular formula is C12H13N3O3. The first kappa shape index (κ1) is 12.3. The molecule has 6 nitrogen and oxygen atoms in total. The van der Waals surface area contributed by atoms with Crippen LogP contribution in [0.15, 0.2) is 35.2 Å². The van der Waals surface area contributed by atoms with Crippen LogP contribution in [-0.4, -0.2) is 27.5 Å². The van der Waals surface area contributed by atoms with Gasteiger partial charge in [-0.3, -0.25) is 4.79 Å². The average Bonchev–Trinajstić information content (AvgIpc) is 2.89.